The lowest BCUT2D eigenvalue weighted by Crippen LogP contribution is -2.00. The maximum Gasteiger partial charge on any atom is 0.171 e. The van der Waals surface area contributed by atoms with Gasteiger partial charge in [-0.15, -0.1) is 17.8 Å². The molecule has 1 aliphatic carbocycles. The first kappa shape index (κ1) is 14.4. The molecule has 3 heterocycles. The Labute approximate surface area is 142 Å². The summed E-state index contributed by atoms with van der Waals surface area (Å²) in [6.45, 7) is 0. The number of terminal acetylenes is 1. The standard InChI is InChI=1S/C17H12N6S/c1-2-10-9-19-17(14-6-5-12(8-18)24-14)21-16(10)20-15-7-13(22-23-15)11-3-4-11/h1,5-7,9,11H,3-4H2,(H2,19,20,21,22,23). The van der Waals surface area contributed by atoms with Crippen LogP contribution < -0.4 is 5.32 Å². The van der Waals surface area contributed by atoms with E-state index < -0.39 is 0 Å². The fourth-order valence-corrected chi connectivity index (χ4v) is 3.09. The van der Waals surface area contributed by atoms with E-state index in [1.54, 1.807) is 12.3 Å². The van der Waals surface area contributed by atoms with E-state index in [-0.39, 0.29) is 0 Å². The van der Waals surface area contributed by atoms with Crippen LogP contribution >= 0.6 is 11.3 Å². The van der Waals surface area contributed by atoms with Crippen molar-refractivity contribution in [2.45, 2.75) is 18.8 Å². The van der Waals surface area contributed by atoms with Crippen molar-refractivity contribution in [1.29, 1.82) is 5.26 Å². The van der Waals surface area contributed by atoms with Crippen molar-refractivity contribution >= 4 is 23.0 Å². The average molecular weight is 332 g/mol. The van der Waals surface area contributed by atoms with Gasteiger partial charge in [-0.3, -0.25) is 5.10 Å². The number of thiophene rings is 1. The van der Waals surface area contributed by atoms with Crippen LogP contribution in [0.4, 0.5) is 11.6 Å². The quantitative estimate of drug-likeness (QED) is 0.715. The van der Waals surface area contributed by atoms with E-state index in [2.05, 4.69) is 37.5 Å². The second-order valence-corrected chi connectivity index (χ2v) is 6.57. The number of hydrogen-bond donors (Lipinski definition) is 2. The number of nitriles is 1. The van der Waals surface area contributed by atoms with Gasteiger partial charge in [-0.25, -0.2) is 9.97 Å². The highest BCUT2D eigenvalue weighted by atomic mass is 32.1. The van der Waals surface area contributed by atoms with Gasteiger partial charge in [-0.05, 0) is 25.0 Å². The molecular weight excluding hydrogens is 320 g/mol. The lowest BCUT2D eigenvalue weighted by molar-refractivity contribution is 0.966. The smallest absolute Gasteiger partial charge is 0.171 e. The Morgan fingerprint density at radius 3 is 2.96 bits per heavy atom. The van der Waals surface area contributed by atoms with Crippen LogP contribution in [-0.4, -0.2) is 20.2 Å². The Morgan fingerprint density at radius 2 is 2.25 bits per heavy atom. The van der Waals surface area contributed by atoms with Crippen LogP contribution in [0, 0.1) is 23.7 Å². The molecule has 0 aliphatic heterocycles. The molecule has 7 heteroatoms. The van der Waals surface area contributed by atoms with Gasteiger partial charge in [0, 0.05) is 23.9 Å². The van der Waals surface area contributed by atoms with Gasteiger partial charge < -0.3 is 5.32 Å². The van der Waals surface area contributed by atoms with Crippen LogP contribution in [0.15, 0.2) is 24.4 Å². The van der Waals surface area contributed by atoms with Crippen molar-refractivity contribution in [3.8, 4) is 29.1 Å². The number of H-pyrrole nitrogens is 1. The Balaban J connectivity index is 1.66. The minimum atomic E-state index is 0.529. The van der Waals surface area contributed by atoms with E-state index in [0.717, 1.165) is 10.6 Å². The summed E-state index contributed by atoms with van der Waals surface area (Å²) in [5.74, 6) is 4.91. The lowest BCUT2D eigenvalue weighted by atomic mass is 10.3. The summed E-state index contributed by atoms with van der Waals surface area (Å²) in [6.07, 6.45) is 9.55. The molecule has 1 fully saturated rings. The molecule has 0 radical (unpaired) electrons. The SMILES string of the molecule is C#Cc1cnc(-c2ccc(C#N)s2)nc1Nc1cc(C2CC2)[nH]n1. The van der Waals surface area contributed by atoms with Gasteiger partial charge >= 0.3 is 0 Å². The third-order valence-electron chi connectivity index (χ3n) is 3.74. The molecule has 0 aromatic carbocycles. The third kappa shape index (κ3) is 2.73. The number of aromatic amines is 1. The molecule has 6 nitrogen and oxygen atoms in total. The first-order chi connectivity index (χ1) is 11.8. The minimum absolute atomic E-state index is 0.529. The molecule has 3 aromatic heterocycles. The molecular formula is C17H12N6S. The number of hydrogen-bond acceptors (Lipinski definition) is 6. The highest BCUT2D eigenvalue weighted by Crippen LogP contribution is 2.39. The number of rotatable bonds is 4. The molecule has 0 bridgehead atoms. The normalized spacial score (nSPS) is 13.2. The van der Waals surface area contributed by atoms with Crippen LogP contribution in [0.1, 0.15) is 34.9 Å². The largest absolute Gasteiger partial charge is 0.322 e. The van der Waals surface area contributed by atoms with Gasteiger partial charge in [0.05, 0.1) is 10.4 Å². The Morgan fingerprint density at radius 1 is 1.38 bits per heavy atom. The molecule has 2 N–H and O–H groups in total. The number of nitrogens with zero attached hydrogens (tertiary/aromatic N) is 4. The van der Waals surface area contributed by atoms with Gasteiger partial charge in [0.2, 0.25) is 0 Å². The molecule has 0 amide bonds. The van der Waals surface area contributed by atoms with Crippen LogP contribution in [-0.2, 0) is 0 Å². The van der Waals surface area contributed by atoms with Crippen molar-refractivity contribution in [2.75, 3.05) is 5.32 Å². The van der Waals surface area contributed by atoms with Crippen LogP contribution in [0.2, 0.25) is 0 Å². The monoisotopic (exact) mass is 332 g/mol. The van der Waals surface area contributed by atoms with Crippen molar-refractivity contribution < 1.29 is 0 Å². The van der Waals surface area contributed by atoms with E-state index >= 15 is 0 Å². The predicted molar refractivity (Wildman–Crippen MR) is 91.8 cm³/mol. The second kappa shape index (κ2) is 5.80. The van der Waals surface area contributed by atoms with Gasteiger partial charge in [0.15, 0.2) is 17.5 Å². The zero-order valence-corrected chi connectivity index (χ0v) is 13.4. The topological polar surface area (TPSA) is 90.3 Å². The molecule has 0 spiro atoms. The van der Waals surface area contributed by atoms with Crippen LogP contribution in [0.3, 0.4) is 0 Å². The van der Waals surface area contributed by atoms with Crippen LogP contribution in [0.25, 0.3) is 10.7 Å². The van der Waals surface area contributed by atoms with Gasteiger partial charge in [0.25, 0.3) is 0 Å². The number of nitrogens with one attached hydrogen (secondary N) is 2. The summed E-state index contributed by atoms with van der Waals surface area (Å²) in [5, 5.41) is 19.4. The second-order valence-electron chi connectivity index (χ2n) is 5.48. The zero-order chi connectivity index (χ0) is 16.5. The summed E-state index contributed by atoms with van der Waals surface area (Å²) in [4.78, 5) is 10.2. The van der Waals surface area contributed by atoms with Gasteiger partial charge in [0.1, 0.15) is 10.9 Å². The molecule has 116 valence electrons. The van der Waals surface area contributed by atoms with Crippen molar-refractivity contribution in [2.24, 2.45) is 0 Å². The Bertz CT molecular complexity index is 983. The predicted octanol–water partition coefficient (Wildman–Crippen LogP) is 3.40. The van der Waals surface area contributed by atoms with Gasteiger partial charge in [-0.1, -0.05) is 5.92 Å². The van der Waals surface area contributed by atoms with Crippen molar-refractivity contribution in [3.05, 3.63) is 40.5 Å². The molecule has 1 aliphatic rings. The molecule has 0 atom stereocenters. The van der Waals surface area contributed by atoms with E-state index in [1.807, 2.05) is 12.1 Å². The lowest BCUT2D eigenvalue weighted by Gasteiger charge is -2.06. The zero-order valence-electron chi connectivity index (χ0n) is 12.6. The molecule has 0 unspecified atom stereocenters. The highest BCUT2D eigenvalue weighted by Gasteiger charge is 2.25. The third-order valence-corrected chi connectivity index (χ3v) is 4.73. The van der Waals surface area contributed by atoms with E-state index in [9.17, 15) is 0 Å². The average Bonchev–Trinajstić information content (AvgIpc) is 3.17. The summed E-state index contributed by atoms with van der Waals surface area (Å²) in [7, 11) is 0. The maximum atomic E-state index is 8.95. The molecule has 3 aromatic rings. The Kier molecular flexibility index (Phi) is 3.49. The van der Waals surface area contributed by atoms with Crippen molar-refractivity contribution in [1.82, 2.24) is 20.2 Å². The number of aromatic nitrogens is 4. The molecule has 1 saturated carbocycles. The summed E-state index contributed by atoms with van der Waals surface area (Å²) in [5.41, 5.74) is 1.69. The summed E-state index contributed by atoms with van der Waals surface area (Å²) in [6, 6.07) is 7.68. The summed E-state index contributed by atoms with van der Waals surface area (Å²) < 4.78 is 0. The first-order valence-electron chi connectivity index (χ1n) is 7.43. The fraction of sp³-hybridized carbons (Fsp3) is 0.176. The Hall–Kier alpha value is -3.16. The molecule has 4 rings (SSSR count). The minimum Gasteiger partial charge on any atom is -0.322 e. The van der Waals surface area contributed by atoms with E-state index in [0.29, 0.717) is 33.8 Å². The molecule has 24 heavy (non-hydrogen) atoms. The fourth-order valence-electron chi connectivity index (χ4n) is 2.35. The summed E-state index contributed by atoms with van der Waals surface area (Å²) >= 11 is 1.34. The highest BCUT2D eigenvalue weighted by molar-refractivity contribution is 7.15. The van der Waals surface area contributed by atoms with Crippen molar-refractivity contribution in [3.63, 3.8) is 0 Å². The van der Waals surface area contributed by atoms with Gasteiger partial charge in [-0.2, -0.15) is 10.4 Å². The van der Waals surface area contributed by atoms with Crippen LogP contribution in [0.5, 0.6) is 0 Å². The number of anilines is 2. The molecule has 0 saturated heterocycles. The maximum absolute atomic E-state index is 8.95. The van der Waals surface area contributed by atoms with E-state index in [4.69, 9.17) is 11.7 Å². The first-order valence-corrected chi connectivity index (χ1v) is 8.25. The van der Waals surface area contributed by atoms with E-state index in [1.165, 1.54) is 24.2 Å².